The normalized spacial score (nSPS) is 9.43. The lowest BCUT2D eigenvalue weighted by Crippen LogP contribution is -2.14. The molecule has 0 amide bonds. The van der Waals surface area contributed by atoms with E-state index in [1.165, 1.54) is 5.56 Å². The topological polar surface area (TPSA) is 12.0 Å². The SMILES string of the molecule is C=C=CCCCNCc1ccccc1. The Balaban J connectivity index is 2.07. The van der Waals surface area contributed by atoms with E-state index in [1.54, 1.807) is 0 Å². The van der Waals surface area contributed by atoms with Gasteiger partial charge in [0, 0.05) is 6.54 Å². The lowest BCUT2D eigenvalue weighted by Gasteiger charge is -2.02. The average Bonchev–Trinajstić information content (AvgIpc) is 2.25. The predicted octanol–water partition coefficient (Wildman–Crippen LogP) is 2.90. The monoisotopic (exact) mass is 187 g/mol. The molecule has 0 unspecified atom stereocenters. The van der Waals surface area contributed by atoms with Gasteiger partial charge in [0.15, 0.2) is 0 Å². The van der Waals surface area contributed by atoms with E-state index in [2.05, 4.69) is 41.9 Å². The Bertz CT molecular complexity index is 283. The van der Waals surface area contributed by atoms with Crippen LogP contribution in [0.5, 0.6) is 0 Å². The standard InChI is InChI=1S/C13H17N/c1-2-3-4-8-11-14-12-13-9-6-5-7-10-13/h3,5-7,9-10,14H,1,4,8,11-12H2. The molecule has 1 rings (SSSR count). The first-order valence-corrected chi connectivity index (χ1v) is 5.02. The van der Waals surface area contributed by atoms with Crippen LogP contribution < -0.4 is 5.32 Å². The van der Waals surface area contributed by atoms with Crippen LogP contribution in [0.2, 0.25) is 0 Å². The molecular formula is C13H17N. The Kier molecular flexibility index (Phi) is 5.49. The maximum Gasteiger partial charge on any atom is 0.0205 e. The average molecular weight is 187 g/mol. The molecule has 0 saturated carbocycles. The van der Waals surface area contributed by atoms with E-state index in [4.69, 9.17) is 0 Å². The fraction of sp³-hybridized carbons (Fsp3) is 0.308. The second kappa shape index (κ2) is 7.14. The van der Waals surface area contributed by atoms with E-state index >= 15 is 0 Å². The van der Waals surface area contributed by atoms with Crippen molar-refractivity contribution < 1.29 is 0 Å². The van der Waals surface area contributed by atoms with Crippen LogP contribution in [0.15, 0.2) is 48.7 Å². The van der Waals surface area contributed by atoms with Crippen molar-refractivity contribution in [1.29, 1.82) is 0 Å². The summed E-state index contributed by atoms with van der Waals surface area (Å²) in [5.74, 6) is 0. The van der Waals surface area contributed by atoms with Crippen LogP contribution in [-0.2, 0) is 6.54 Å². The predicted molar refractivity (Wildman–Crippen MR) is 61.1 cm³/mol. The molecular weight excluding hydrogens is 170 g/mol. The van der Waals surface area contributed by atoms with Gasteiger partial charge in [0.05, 0.1) is 0 Å². The van der Waals surface area contributed by atoms with Crippen molar-refractivity contribution in [1.82, 2.24) is 5.32 Å². The summed E-state index contributed by atoms with van der Waals surface area (Å²) in [5.41, 5.74) is 4.11. The molecule has 1 N–H and O–H groups in total. The fourth-order valence-electron chi connectivity index (χ4n) is 1.26. The van der Waals surface area contributed by atoms with Gasteiger partial charge in [-0.3, -0.25) is 0 Å². The summed E-state index contributed by atoms with van der Waals surface area (Å²) in [5, 5.41) is 3.39. The lowest BCUT2D eigenvalue weighted by atomic mass is 10.2. The van der Waals surface area contributed by atoms with Crippen molar-refractivity contribution in [2.45, 2.75) is 19.4 Å². The molecule has 1 heteroatoms. The number of allylic oxidation sites excluding steroid dienone is 1. The molecule has 74 valence electrons. The van der Waals surface area contributed by atoms with Crippen molar-refractivity contribution >= 4 is 0 Å². The number of hydrogen-bond donors (Lipinski definition) is 1. The zero-order chi connectivity index (χ0) is 10.1. The Morgan fingerprint density at radius 2 is 2.07 bits per heavy atom. The molecule has 0 saturated heterocycles. The van der Waals surface area contributed by atoms with Gasteiger partial charge in [0.1, 0.15) is 0 Å². The van der Waals surface area contributed by atoms with Gasteiger partial charge in [-0.05, 0) is 31.0 Å². The summed E-state index contributed by atoms with van der Waals surface area (Å²) in [6.07, 6.45) is 4.19. The van der Waals surface area contributed by atoms with Crippen LogP contribution in [0.1, 0.15) is 18.4 Å². The second-order valence-electron chi connectivity index (χ2n) is 3.21. The Morgan fingerprint density at radius 1 is 1.29 bits per heavy atom. The maximum absolute atomic E-state index is 3.53. The third-order valence-electron chi connectivity index (χ3n) is 2.02. The van der Waals surface area contributed by atoms with Crippen molar-refractivity contribution in [2.24, 2.45) is 0 Å². The van der Waals surface area contributed by atoms with Gasteiger partial charge in [0.2, 0.25) is 0 Å². The minimum absolute atomic E-state index is 0.957. The molecule has 0 aliphatic carbocycles. The minimum Gasteiger partial charge on any atom is -0.313 e. The summed E-state index contributed by atoms with van der Waals surface area (Å²) >= 11 is 0. The van der Waals surface area contributed by atoms with E-state index in [1.807, 2.05) is 12.1 Å². The maximum atomic E-state index is 3.53. The highest BCUT2D eigenvalue weighted by atomic mass is 14.8. The Labute approximate surface area is 86.2 Å². The third kappa shape index (κ3) is 4.66. The smallest absolute Gasteiger partial charge is 0.0205 e. The van der Waals surface area contributed by atoms with Crippen LogP contribution in [0, 0.1) is 0 Å². The minimum atomic E-state index is 0.957. The van der Waals surface area contributed by atoms with Crippen molar-refractivity contribution in [3.05, 3.63) is 54.3 Å². The summed E-state index contributed by atoms with van der Waals surface area (Å²) in [7, 11) is 0. The second-order valence-corrected chi connectivity index (χ2v) is 3.21. The molecule has 0 radical (unpaired) electrons. The van der Waals surface area contributed by atoms with Crippen LogP contribution in [0.3, 0.4) is 0 Å². The number of nitrogens with one attached hydrogen (secondary N) is 1. The quantitative estimate of drug-likeness (QED) is 0.533. The summed E-state index contributed by atoms with van der Waals surface area (Å²) < 4.78 is 0. The van der Waals surface area contributed by atoms with Gasteiger partial charge in [-0.15, -0.1) is 5.73 Å². The van der Waals surface area contributed by atoms with Gasteiger partial charge in [-0.1, -0.05) is 36.9 Å². The molecule has 1 aromatic rings. The Hall–Kier alpha value is -1.30. The zero-order valence-corrected chi connectivity index (χ0v) is 8.50. The number of rotatable bonds is 6. The first-order valence-electron chi connectivity index (χ1n) is 5.02. The van der Waals surface area contributed by atoms with E-state index in [0.717, 1.165) is 25.9 Å². The van der Waals surface area contributed by atoms with Crippen LogP contribution in [0.4, 0.5) is 0 Å². The van der Waals surface area contributed by atoms with Crippen molar-refractivity contribution in [2.75, 3.05) is 6.54 Å². The first-order chi connectivity index (χ1) is 6.93. The van der Waals surface area contributed by atoms with Crippen molar-refractivity contribution in [3.8, 4) is 0 Å². The molecule has 1 nitrogen and oxygen atoms in total. The summed E-state index contributed by atoms with van der Waals surface area (Å²) in [4.78, 5) is 0. The highest BCUT2D eigenvalue weighted by Gasteiger charge is 1.89. The Morgan fingerprint density at radius 3 is 2.79 bits per heavy atom. The molecule has 0 bridgehead atoms. The van der Waals surface area contributed by atoms with E-state index in [0.29, 0.717) is 0 Å². The molecule has 0 spiro atoms. The summed E-state index contributed by atoms with van der Waals surface area (Å²) in [6, 6.07) is 10.4. The van der Waals surface area contributed by atoms with Crippen LogP contribution >= 0.6 is 0 Å². The molecule has 0 heterocycles. The van der Waals surface area contributed by atoms with Gasteiger partial charge >= 0.3 is 0 Å². The number of hydrogen-bond acceptors (Lipinski definition) is 1. The zero-order valence-electron chi connectivity index (χ0n) is 8.50. The number of unbranched alkanes of at least 4 members (excludes halogenated alkanes) is 1. The first kappa shape index (κ1) is 10.8. The molecule has 0 aromatic heterocycles. The van der Waals surface area contributed by atoms with Gasteiger partial charge in [-0.2, -0.15) is 0 Å². The third-order valence-corrected chi connectivity index (χ3v) is 2.02. The van der Waals surface area contributed by atoms with Crippen LogP contribution in [-0.4, -0.2) is 6.54 Å². The van der Waals surface area contributed by atoms with E-state index in [-0.39, 0.29) is 0 Å². The fourth-order valence-corrected chi connectivity index (χ4v) is 1.26. The van der Waals surface area contributed by atoms with Gasteiger partial charge in [0.25, 0.3) is 0 Å². The molecule has 0 atom stereocenters. The molecule has 0 aliphatic heterocycles. The molecule has 14 heavy (non-hydrogen) atoms. The highest BCUT2D eigenvalue weighted by molar-refractivity contribution is 5.14. The van der Waals surface area contributed by atoms with E-state index < -0.39 is 0 Å². The molecule has 1 aromatic carbocycles. The summed E-state index contributed by atoms with van der Waals surface area (Å²) in [6.45, 7) is 5.53. The molecule has 0 fully saturated rings. The van der Waals surface area contributed by atoms with Gasteiger partial charge in [-0.25, -0.2) is 0 Å². The van der Waals surface area contributed by atoms with E-state index in [9.17, 15) is 0 Å². The number of benzene rings is 1. The lowest BCUT2D eigenvalue weighted by molar-refractivity contribution is 0.655. The largest absolute Gasteiger partial charge is 0.313 e. The van der Waals surface area contributed by atoms with Crippen LogP contribution in [0.25, 0.3) is 0 Å². The highest BCUT2D eigenvalue weighted by Crippen LogP contribution is 1.97. The molecule has 0 aliphatic rings. The van der Waals surface area contributed by atoms with Crippen molar-refractivity contribution in [3.63, 3.8) is 0 Å². The van der Waals surface area contributed by atoms with Gasteiger partial charge < -0.3 is 5.32 Å².